The number of primary amides is 1. The van der Waals surface area contributed by atoms with E-state index in [4.69, 9.17) is 15.2 Å². The number of rotatable bonds is 4. The molecule has 92 valence electrons. The van der Waals surface area contributed by atoms with Gasteiger partial charge in [0.15, 0.2) is 6.29 Å². The van der Waals surface area contributed by atoms with E-state index in [-0.39, 0.29) is 6.29 Å². The van der Waals surface area contributed by atoms with Gasteiger partial charge in [-0.25, -0.2) is 0 Å². The molecule has 1 aliphatic rings. The van der Waals surface area contributed by atoms with Crippen LogP contribution in [0.3, 0.4) is 0 Å². The minimum atomic E-state index is -0.409. The molecule has 2 N–H and O–H groups in total. The molecular formula is C13H17NO3. The second-order valence-corrected chi connectivity index (χ2v) is 4.17. The number of hydrogen-bond donors (Lipinski definition) is 1. The summed E-state index contributed by atoms with van der Waals surface area (Å²) in [6.07, 6.45) is 3.15. The van der Waals surface area contributed by atoms with Crippen LogP contribution in [0.5, 0.6) is 0 Å². The summed E-state index contributed by atoms with van der Waals surface area (Å²) in [6, 6.07) is 7.12. The van der Waals surface area contributed by atoms with Crippen LogP contribution in [0.1, 0.15) is 35.2 Å². The molecule has 0 spiro atoms. The molecule has 1 heterocycles. The molecule has 0 aromatic heterocycles. The summed E-state index contributed by atoms with van der Waals surface area (Å²) in [5.41, 5.74) is 6.70. The van der Waals surface area contributed by atoms with Crippen molar-refractivity contribution in [3.05, 3.63) is 35.4 Å². The number of hydrogen-bond acceptors (Lipinski definition) is 3. The Morgan fingerprint density at radius 1 is 1.35 bits per heavy atom. The van der Waals surface area contributed by atoms with Gasteiger partial charge in [-0.2, -0.15) is 0 Å². The van der Waals surface area contributed by atoms with Crippen molar-refractivity contribution in [1.29, 1.82) is 0 Å². The zero-order chi connectivity index (χ0) is 12.1. The quantitative estimate of drug-likeness (QED) is 0.866. The van der Waals surface area contributed by atoms with E-state index in [1.165, 1.54) is 0 Å². The molecule has 0 saturated carbocycles. The monoisotopic (exact) mass is 235 g/mol. The Labute approximate surface area is 101 Å². The van der Waals surface area contributed by atoms with Crippen molar-refractivity contribution in [2.45, 2.75) is 32.2 Å². The van der Waals surface area contributed by atoms with Crippen LogP contribution >= 0.6 is 0 Å². The van der Waals surface area contributed by atoms with Crippen molar-refractivity contribution in [3.8, 4) is 0 Å². The highest BCUT2D eigenvalue weighted by Gasteiger charge is 2.13. The summed E-state index contributed by atoms with van der Waals surface area (Å²) in [6.45, 7) is 1.29. The number of amides is 1. The molecule has 17 heavy (non-hydrogen) atoms. The second kappa shape index (κ2) is 5.80. The maximum Gasteiger partial charge on any atom is 0.248 e. The van der Waals surface area contributed by atoms with Crippen LogP contribution in [0.2, 0.25) is 0 Å². The topological polar surface area (TPSA) is 61.6 Å². The van der Waals surface area contributed by atoms with E-state index in [0.29, 0.717) is 12.2 Å². The average Bonchev–Trinajstić information content (AvgIpc) is 2.38. The Morgan fingerprint density at radius 2 is 2.12 bits per heavy atom. The zero-order valence-corrected chi connectivity index (χ0v) is 9.72. The van der Waals surface area contributed by atoms with Crippen molar-refractivity contribution < 1.29 is 14.3 Å². The lowest BCUT2D eigenvalue weighted by molar-refractivity contribution is -0.168. The largest absolute Gasteiger partial charge is 0.366 e. The molecule has 2 rings (SSSR count). The van der Waals surface area contributed by atoms with E-state index in [0.717, 1.165) is 31.4 Å². The highest BCUT2D eigenvalue weighted by Crippen LogP contribution is 2.15. The van der Waals surface area contributed by atoms with Crippen molar-refractivity contribution in [1.82, 2.24) is 0 Å². The molecule has 1 aliphatic heterocycles. The van der Waals surface area contributed by atoms with Crippen LogP contribution in [0.15, 0.2) is 24.3 Å². The minimum Gasteiger partial charge on any atom is -0.366 e. The van der Waals surface area contributed by atoms with Gasteiger partial charge in [0.2, 0.25) is 5.91 Å². The third-order valence-electron chi connectivity index (χ3n) is 2.81. The Morgan fingerprint density at radius 3 is 2.71 bits per heavy atom. The van der Waals surface area contributed by atoms with Crippen molar-refractivity contribution in [3.63, 3.8) is 0 Å². The first kappa shape index (κ1) is 12.1. The molecule has 0 aliphatic carbocycles. The first-order chi connectivity index (χ1) is 8.25. The summed E-state index contributed by atoms with van der Waals surface area (Å²) >= 11 is 0. The third kappa shape index (κ3) is 3.54. The fourth-order valence-electron chi connectivity index (χ4n) is 1.80. The van der Waals surface area contributed by atoms with Gasteiger partial charge in [-0.3, -0.25) is 4.79 Å². The Kier molecular flexibility index (Phi) is 4.12. The molecule has 4 nitrogen and oxygen atoms in total. The molecule has 0 radical (unpaired) electrons. The third-order valence-corrected chi connectivity index (χ3v) is 2.81. The minimum absolute atomic E-state index is 0.0837. The number of carbonyl (C=O) groups is 1. The lowest BCUT2D eigenvalue weighted by atomic mass is 10.1. The molecule has 1 aromatic carbocycles. The number of ether oxygens (including phenoxy) is 2. The van der Waals surface area contributed by atoms with E-state index < -0.39 is 5.91 Å². The van der Waals surface area contributed by atoms with Gasteiger partial charge in [-0.15, -0.1) is 0 Å². The van der Waals surface area contributed by atoms with Gasteiger partial charge in [-0.1, -0.05) is 12.1 Å². The predicted molar refractivity (Wildman–Crippen MR) is 63.3 cm³/mol. The van der Waals surface area contributed by atoms with Gasteiger partial charge in [0.25, 0.3) is 0 Å². The number of carbonyl (C=O) groups excluding carboxylic acids is 1. The fourth-order valence-corrected chi connectivity index (χ4v) is 1.80. The molecule has 1 unspecified atom stereocenters. The maximum atomic E-state index is 10.9. The van der Waals surface area contributed by atoms with E-state index in [1.807, 2.05) is 12.1 Å². The molecular weight excluding hydrogens is 218 g/mol. The highest BCUT2D eigenvalue weighted by atomic mass is 16.7. The molecule has 1 atom stereocenters. The molecule has 0 bridgehead atoms. The van der Waals surface area contributed by atoms with Gasteiger partial charge in [-0.05, 0) is 37.0 Å². The normalized spacial score (nSPS) is 20.1. The van der Waals surface area contributed by atoms with Crippen molar-refractivity contribution >= 4 is 5.91 Å². The zero-order valence-electron chi connectivity index (χ0n) is 9.72. The molecule has 1 saturated heterocycles. The number of benzene rings is 1. The van der Waals surface area contributed by atoms with Crippen molar-refractivity contribution in [2.75, 3.05) is 6.61 Å². The Bertz CT molecular complexity index is 369. The summed E-state index contributed by atoms with van der Waals surface area (Å²) in [7, 11) is 0. The van der Waals surface area contributed by atoms with E-state index in [1.54, 1.807) is 12.1 Å². The van der Waals surface area contributed by atoms with Crippen LogP contribution in [-0.2, 0) is 16.1 Å². The van der Waals surface area contributed by atoms with E-state index in [9.17, 15) is 4.79 Å². The smallest absolute Gasteiger partial charge is 0.248 e. The van der Waals surface area contributed by atoms with E-state index in [2.05, 4.69) is 0 Å². The van der Waals surface area contributed by atoms with Crippen LogP contribution < -0.4 is 5.73 Å². The van der Waals surface area contributed by atoms with E-state index >= 15 is 0 Å². The summed E-state index contributed by atoms with van der Waals surface area (Å²) in [4.78, 5) is 10.9. The maximum absolute atomic E-state index is 10.9. The van der Waals surface area contributed by atoms with Crippen LogP contribution in [0, 0.1) is 0 Å². The average molecular weight is 235 g/mol. The van der Waals surface area contributed by atoms with Crippen LogP contribution in [-0.4, -0.2) is 18.8 Å². The Hall–Kier alpha value is -1.39. The highest BCUT2D eigenvalue weighted by molar-refractivity contribution is 5.92. The SMILES string of the molecule is NC(=O)c1ccc(COC2CCCCO2)cc1. The van der Waals surface area contributed by atoms with Gasteiger partial charge < -0.3 is 15.2 Å². The summed E-state index contributed by atoms with van der Waals surface area (Å²) in [5, 5.41) is 0. The predicted octanol–water partition coefficient (Wildman–Crippen LogP) is 1.83. The molecule has 1 aromatic rings. The fraction of sp³-hybridized carbons (Fsp3) is 0.462. The molecule has 1 amide bonds. The van der Waals surface area contributed by atoms with Gasteiger partial charge in [0, 0.05) is 12.2 Å². The van der Waals surface area contributed by atoms with Crippen LogP contribution in [0.4, 0.5) is 0 Å². The second-order valence-electron chi connectivity index (χ2n) is 4.17. The first-order valence-corrected chi connectivity index (χ1v) is 5.87. The summed E-state index contributed by atoms with van der Waals surface area (Å²) < 4.78 is 11.1. The van der Waals surface area contributed by atoms with Gasteiger partial charge in [0.05, 0.1) is 6.61 Å². The molecule has 1 fully saturated rings. The first-order valence-electron chi connectivity index (χ1n) is 5.87. The lowest BCUT2D eigenvalue weighted by Gasteiger charge is -2.22. The lowest BCUT2D eigenvalue weighted by Crippen LogP contribution is -2.22. The standard InChI is InChI=1S/C13H17NO3/c14-13(15)11-6-4-10(5-7-11)9-17-12-3-1-2-8-16-12/h4-7,12H,1-3,8-9H2,(H2,14,15). The summed E-state index contributed by atoms with van der Waals surface area (Å²) in [5.74, 6) is -0.409. The Balaban J connectivity index is 1.84. The van der Waals surface area contributed by atoms with Gasteiger partial charge >= 0.3 is 0 Å². The van der Waals surface area contributed by atoms with Gasteiger partial charge in [0.1, 0.15) is 0 Å². The molecule has 4 heteroatoms. The van der Waals surface area contributed by atoms with Crippen LogP contribution in [0.25, 0.3) is 0 Å². The van der Waals surface area contributed by atoms with Crippen molar-refractivity contribution in [2.24, 2.45) is 5.73 Å². The number of nitrogens with two attached hydrogens (primary N) is 1.